The molecule has 0 radical (unpaired) electrons. The highest BCUT2D eigenvalue weighted by molar-refractivity contribution is 7.22. The number of ether oxygens (including phenoxy) is 1. The molecule has 7 heteroatoms. The number of thiazole rings is 1. The lowest BCUT2D eigenvalue weighted by Crippen LogP contribution is -2.24. The second-order valence-electron chi connectivity index (χ2n) is 6.10. The lowest BCUT2D eigenvalue weighted by Gasteiger charge is -2.18. The van der Waals surface area contributed by atoms with Crippen LogP contribution in [0.3, 0.4) is 0 Å². The van der Waals surface area contributed by atoms with E-state index in [1.54, 1.807) is 12.3 Å². The number of carbonyl (C=O) groups excluding carboxylic acids is 1. The van der Waals surface area contributed by atoms with Crippen LogP contribution in [0.4, 0.5) is 10.9 Å². The Bertz CT molecular complexity index is 934. The van der Waals surface area contributed by atoms with Crippen molar-refractivity contribution in [2.24, 2.45) is 0 Å². The lowest BCUT2D eigenvalue weighted by atomic mass is 10.2. The second-order valence-corrected chi connectivity index (χ2v) is 7.14. The van der Waals surface area contributed by atoms with Crippen molar-refractivity contribution >= 4 is 38.4 Å². The van der Waals surface area contributed by atoms with E-state index < -0.39 is 0 Å². The summed E-state index contributed by atoms with van der Waals surface area (Å²) >= 11 is 1.44. The molecule has 4 rings (SSSR count). The summed E-state index contributed by atoms with van der Waals surface area (Å²) < 4.78 is 6.51. The van der Waals surface area contributed by atoms with E-state index in [-0.39, 0.29) is 5.91 Å². The number of anilines is 2. The third-order valence-electron chi connectivity index (χ3n) is 4.33. The zero-order valence-electron chi connectivity index (χ0n) is 14.6. The molecule has 134 valence electrons. The van der Waals surface area contributed by atoms with Gasteiger partial charge in [0, 0.05) is 19.3 Å². The molecule has 2 aromatic heterocycles. The average molecular weight is 368 g/mol. The van der Waals surface area contributed by atoms with Crippen molar-refractivity contribution < 1.29 is 9.53 Å². The van der Waals surface area contributed by atoms with Crippen molar-refractivity contribution in [2.75, 3.05) is 29.9 Å². The molecule has 1 aliphatic rings. The lowest BCUT2D eigenvalue weighted by molar-refractivity contribution is 0.102. The smallest absolute Gasteiger partial charge is 0.261 e. The van der Waals surface area contributed by atoms with Crippen LogP contribution in [-0.2, 0) is 0 Å². The fourth-order valence-corrected chi connectivity index (χ4v) is 4.02. The van der Waals surface area contributed by atoms with Gasteiger partial charge in [0.2, 0.25) is 0 Å². The number of rotatable bonds is 5. The van der Waals surface area contributed by atoms with Crippen LogP contribution in [0.15, 0.2) is 36.5 Å². The number of fused-ring (bicyclic) bond motifs is 1. The number of aromatic nitrogens is 2. The normalized spacial score (nSPS) is 14.0. The summed E-state index contributed by atoms with van der Waals surface area (Å²) in [4.78, 5) is 23.9. The van der Waals surface area contributed by atoms with E-state index in [2.05, 4.69) is 20.2 Å². The molecular formula is C19H20N4O2S. The molecule has 1 amide bonds. The van der Waals surface area contributed by atoms with Gasteiger partial charge in [-0.3, -0.25) is 10.1 Å². The summed E-state index contributed by atoms with van der Waals surface area (Å²) in [6.07, 6.45) is 4.01. The van der Waals surface area contributed by atoms with Crippen LogP contribution in [0.5, 0.6) is 5.75 Å². The van der Waals surface area contributed by atoms with Crippen LogP contribution in [0.1, 0.15) is 30.1 Å². The molecule has 1 saturated heterocycles. The van der Waals surface area contributed by atoms with E-state index in [0.29, 0.717) is 17.3 Å². The third kappa shape index (κ3) is 3.35. The topological polar surface area (TPSA) is 67.3 Å². The molecule has 1 aromatic carbocycles. The zero-order chi connectivity index (χ0) is 17.9. The van der Waals surface area contributed by atoms with Gasteiger partial charge in [-0.25, -0.2) is 9.97 Å². The number of pyridine rings is 1. The first-order valence-corrected chi connectivity index (χ1v) is 9.61. The standard InChI is InChI=1S/C19H20N4O2S/c1-2-25-13-7-8-15-16(12-13)26-19(21-15)22-18(24)14-6-5-9-20-17(14)23-10-3-4-11-23/h5-9,12H,2-4,10-11H2,1H3,(H,21,22,24). The van der Waals surface area contributed by atoms with Gasteiger partial charge in [0.05, 0.1) is 22.4 Å². The first-order valence-electron chi connectivity index (χ1n) is 8.79. The molecule has 3 heterocycles. The van der Waals surface area contributed by atoms with E-state index in [9.17, 15) is 4.79 Å². The van der Waals surface area contributed by atoms with Crippen LogP contribution in [0.25, 0.3) is 10.2 Å². The van der Waals surface area contributed by atoms with E-state index >= 15 is 0 Å². The Hall–Kier alpha value is -2.67. The Morgan fingerprint density at radius 2 is 2.15 bits per heavy atom. The van der Waals surface area contributed by atoms with Crippen LogP contribution in [-0.4, -0.2) is 35.6 Å². The summed E-state index contributed by atoms with van der Waals surface area (Å²) in [6, 6.07) is 9.36. The monoisotopic (exact) mass is 368 g/mol. The van der Waals surface area contributed by atoms with Crippen molar-refractivity contribution in [3.8, 4) is 5.75 Å². The van der Waals surface area contributed by atoms with Crippen molar-refractivity contribution in [1.82, 2.24) is 9.97 Å². The number of hydrogen-bond acceptors (Lipinski definition) is 6. The van der Waals surface area contributed by atoms with Crippen molar-refractivity contribution in [2.45, 2.75) is 19.8 Å². The Kier molecular flexibility index (Phi) is 4.71. The number of benzene rings is 1. The highest BCUT2D eigenvalue weighted by Crippen LogP contribution is 2.30. The summed E-state index contributed by atoms with van der Waals surface area (Å²) in [5.41, 5.74) is 1.43. The largest absolute Gasteiger partial charge is 0.494 e. The molecule has 1 N–H and O–H groups in total. The van der Waals surface area contributed by atoms with Gasteiger partial charge in [0.1, 0.15) is 11.6 Å². The van der Waals surface area contributed by atoms with Crippen molar-refractivity contribution in [1.29, 1.82) is 0 Å². The number of nitrogens with one attached hydrogen (secondary N) is 1. The van der Waals surface area contributed by atoms with Crippen molar-refractivity contribution in [3.63, 3.8) is 0 Å². The average Bonchev–Trinajstić information content (AvgIpc) is 3.31. The van der Waals surface area contributed by atoms with E-state index in [0.717, 1.165) is 47.7 Å². The number of carbonyl (C=O) groups is 1. The molecule has 0 aliphatic carbocycles. The van der Waals surface area contributed by atoms with E-state index in [1.807, 2.05) is 31.2 Å². The molecule has 6 nitrogen and oxygen atoms in total. The minimum atomic E-state index is -0.177. The van der Waals surface area contributed by atoms with Gasteiger partial charge in [-0.15, -0.1) is 0 Å². The van der Waals surface area contributed by atoms with Gasteiger partial charge in [-0.1, -0.05) is 11.3 Å². The molecule has 0 unspecified atom stereocenters. The first kappa shape index (κ1) is 16.8. The maximum Gasteiger partial charge on any atom is 0.261 e. The Morgan fingerprint density at radius 1 is 1.31 bits per heavy atom. The van der Waals surface area contributed by atoms with E-state index in [1.165, 1.54) is 11.3 Å². The highest BCUT2D eigenvalue weighted by atomic mass is 32.1. The van der Waals surface area contributed by atoms with E-state index in [4.69, 9.17) is 4.74 Å². The summed E-state index contributed by atoms with van der Waals surface area (Å²) in [7, 11) is 0. The molecule has 0 atom stereocenters. The summed E-state index contributed by atoms with van der Waals surface area (Å²) in [5, 5.41) is 3.50. The minimum absolute atomic E-state index is 0.177. The van der Waals surface area contributed by atoms with Gasteiger partial charge in [0.25, 0.3) is 5.91 Å². The van der Waals surface area contributed by atoms with Crippen LogP contribution >= 0.6 is 11.3 Å². The number of nitrogens with zero attached hydrogens (tertiary/aromatic N) is 3. The molecule has 1 aliphatic heterocycles. The minimum Gasteiger partial charge on any atom is -0.494 e. The molecular weight excluding hydrogens is 348 g/mol. The predicted molar refractivity (Wildman–Crippen MR) is 104 cm³/mol. The first-order chi connectivity index (χ1) is 12.7. The fraction of sp³-hybridized carbons (Fsp3) is 0.316. The Morgan fingerprint density at radius 3 is 2.96 bits per heavy atom. The summed E-state index contributed by atoms with van der Waals surface area (Å²) in [6.45, 7) is 4.46. The third-order valence-corrected chi connectivity index (χ3v) is 5.26. The molecule has 0 spiro atoms. The van der Waals surface area contributed by atoms with Gasteiger partial charge < -0.3 is 9.64 Å². The predicted octanol–water partition coefficient (Wildman–Crippen LogP) is 3.94. The van der Waals surface area contributed by atoms with Crippen LogP contribution in [0.2, 0.25) is 0 Å². The number of hydrogen-bond donors (Lipinski definition) is 1. The molecule has 3 aromatic rings. The highest BCUT2D eigenvalue weighted by Gasteiger charge is 2.21. The van der Waals surface area contributed by atoms with Gasteiger partial charge in [-0.2, -0.15) is 0 Å². The van der Waals surface area contributed by atoms with Crippen LogP contribution < -0.4 is 15.0 Å². The maximum absolute atomic E-state index is 12.8. The Labute approximate surface area is 155 Å². The maximum atomic E-state index is 12.8. The van der Waals surface area contributed by atoms with Gasteiger partial charge in [0.15, 0.2) is 5.13 Å². The fourth-order valence-electron chi connectivity index (χ4n) is 3.13. The Balaban J connectivity index is 1.57. The van der Waals surface area contributed by atoms with Crippen LogP contribution in [0, 0.1) is 0 Å². The number of amides is 1. The van der Waals surface area contributed by atoms with Crippen molar-refractivity contribution in [3.05, 3.63) is 42.1 Å². The SMILES string of the molecule is CCOc1ccc2nc(NC(=O)c3cccnc3N3CCCC3)sc2c1. The molecule has 0 bridgehead atoms. The second kappa shape index (κ2) is 7.29. The quantitative estimate of drug-likeness (QED) is 0.739. The molecule has 26 heavy (non-hydrogen) atoms. The zero-order valence-corrected chi connectivity index (χ0v) is 15.4. The summed E-state index contributed by atoms with van der Waals surface area (Å²) in [5.74, 6) is 1.39. The van der Waals surface area contributed by atoms with Gasteiger partial charge in [-0.05, 0) is 50.1 Å². The van der Waals surface area contributed by atoms with Gasteiger partial charge >= 0.3 is 0 Å². The molecule has 0 saturated carbocycles. The molecule has 1 fully saturated rings.